The van der Waals surface area contributed by atoms with E-state index in [1.165, 1.54) is 0 Å². The van der Waals surface area contributed by atoms with Crippen LogP contribution in [0.4, 0.5) is 0 Å². The quantitative estimate of drug-likeness (QED) is 0.323. The fourth-order valence-corrected chi connectivity index (χ4v) is 3.86. The summed E-state index contributed by atoms with van der Waals surface area (Å²) < 4.78 is 0. The molecule has 0 saturated heterocycles. The second-order valence-corrected chi connectivity index (χ2v) is 7.46. The van der Waals surface area contributed by atoms with Crippen LogP contribution < -0.4 is 0 Å². The first-order valence-corrected chi connectivity index (χ1v) is 9.92. The monoisotopic (exact) mass is 445 g/mol. The summed E-state index contributed by atoms with van der Waals surface area (Å²) in [5, 5.41) is 0. The van der Waals surface area contributed by atoms with E-state index >= 15 is 0 Å². The topological polar surface area (TPSA) is 57.4 Å². The van der Waals surface area contributed by atoms with E-state index in [0.717, 1.165) is 56.0 Å². The molecule has 151 valence electrons. The van der Waals surface area contributed by atoms with Gasteiger partial charge in [0.05, 0.1) is 22.8 Å². The van der Waals surface area contributed by atoms with Crippen molar-refractivity contribution >= 4 is 45.9 Å². The molecule has 5 heteroatoms. The Labute approximate surface area is 189 Å². The maximum Gasteiger partial charge on any atom is 0.0737 e. The second kappa shape index (κ2) is 7.87. The normalized spacial score (nSPS) is 12.3. The minimum absolute atomic E-state index is 0. The van der Waals surface area contributed by atoms with Gasteiger partial charge in [0.15, 0.2) is 0 Å². The van der Waals surface area contributed by atoms with Crippen LogP contribution in [0.1, 0.15) is 28.3 Å². The van der Waals surface area contributed by atoms with E-state index < -0.39 is 0 Å². The molecule has 2 aliphatic rings. The Hall–Kier alpha value is -3.67. The number of H-pyrrole nitrogens is 2. The zero-order chi connectivity index (χ0) is 19.9. The number of hydrogen-bond acceptors (Lipinski definition) is 2. The second-order valence-electron chi connectivity index (χ2n) is 7.46. The summed E-state index contributed by atoms with van der Waals surface area (Å²) in [6.45, 7) is 0. The fraction of sp³-hybridized carbons (Fsp3) is 0. The molecular formula is C26H18CoN4. The van der Waals surface area contributed by atoms with E-state index in [4.69, 9.17) is 9.97 Å². The van der Waals surface area contributed by atoms with Gasteiger partial charge in [0.1, 0.15) is 0 Å². The van der Waals surface area contributed by atoms with Crippen LogP contribution >= 0.6 is 0 Å². The van der Waals surface area contributed by atoms with Gasteiger partial charge in [-0.2, -0.15) is 0 Å². The first-order valence-electron chi connectivity index (χ1n) is 9.92. The first-order chi connectivity index (χ1) is 14.8. The maximum absolute atomic E-state index is 4.90. The maximum atomic E-state index is 4.90. The van der Waals surface area contributed by atoms with Gasteiger partial charge >= 0.3 is 0 Å². The van der Waals surface area contributed by atoms with Gasteiger partial charge in [0.25, 0.3) is 0 Å². The average molecular weight is 445 g/mol. The Balaban J connectivity index is 0.00000204. The first kappa shape index (κ1) is 19.3. The van der Waals surface area contributed by atoms with Crippen LogP contribution in [-0.2, 0) is 16.8 Å². The number of aromatic amines is 2. The van der Waals surface area contributed by atoms with Crippen LogP contribution in [0.3, 0.4) is 0 Å². The minimum atomic E-state index is 0. The number of hydrogen-bond donors (Lipinski definition) is 2. The van der Waals surface area contributed by atoms with Gasteiger partial charge in [-0.25, -0.2) is 9.97 Å². The van der Waals surface area contributed by atoms with Crippen molar-refractivity contribution in [3.8, 4) is 0 Å². The largest absolute Gasteiger partial charge is 0.355 e. The third kappa shape index (κ3) is 3.88. The number of fused-ring (bicyclic) bond motifs is 8. The molecule has 1 radical (unpaired) electrons. The predicted octanol–water partition coefficient (Wildman–Crippen LogP) is 6.07. The van der Waals surface area contributed by atoms with Crippen LogP contribution in [0, 0.1) is 0 Å². The van der Waals surface area contributed by atoms with Crippen molar-refractivity contribution in [2.24, 2.45) is 0 Å². The summed E-state index contributed by atoms with van der Waals surface area (Å²) in [6.07, 6.45) is 6.20. The summed E-state index contributed by atoms with van der Waals surface area (Å²) >= 11 is 0. The van der Waals surface area contributed by atoms with Gasteiger partial charge in [-0.1, -0.05) is 30.3 Å². The molecular weight excluding hydrogens is 427 g/mol. The molecule has 31 heavy (non-hydrogen) atoms. The van der Waals surface area contributed by atoms with E-state index in [9.17, 15) is 0 Å². The zero-order valence-corrected chi connectivity index (χ0v) is 17.5. The molecule has 0 saturated carbocycles. The van der Waals surface area contributed by atoms with Crippen LogP contribution in [-0.4, -0.2) is 19.9 Å². The van der Waals surface area contributed by atoms with Gasteiger partial charge in [-0.05, 0) is 72.3 Å². The molecule has 0 atom stereocenters. The molecule has 0 spiro atoms. The van der Waals surface area contributed by atoms with Crippen LogP contribution in [0.2, 0.25) is 0 Å². The van der Waals surface area contributed by atoms with Gasteiger partial charge in [-0.3, -0.25) is 0 Å². The Bertz CT molecular complexity index is 1490. The van der Waals surface area contributed by atoms with E-state index in [2.05, 4.69) is 88.8 Å². The molecule has 0 amide bonds. The summed E-state index contributed by atoms with van der Waals surface area (Å²) in [4.78, 5) is 16.5. The summed E-state index contributed by atoms with van der Waals surface area (Å²) in [5.41, 5.74) is 10.0. The molecule has 4 nitrogen and oxygen atoms in total. The third-order valence-corrected chi connectivity index (χ3v) is 5.25. The number of nitrogens with one attached hydrogen (secondary N) is 2. The van der Waals surface area contributed by atoms with Gasteiger partial charge < -0.3 is 9.97 Å². The SMILES string of the molecule is C1=Cc2cc3ccc(cc4ccc(cc5nc(cc1n2)C(c1ccccc1)=C5)[nH]4)[nH]3.[Co]. The molecule has 8 bridgehead atoms. The molecule has 2 N–H and O–H groups in total. The standard InChI is InChI=1S/C26H18N4.Co/c1-2-4-17(5-3-1)25-15-24-14-22-9-8-20(28-22)12-18-6-7-19(27-18)13-21-10-11-23(29-21)16-26(25)30-24;/h1-16,27-28H;. The third-order valence-electron chi connectivity index (χ3n) is 5.25. The van der Waals surface area contributed by atoms with Gasteiger partial charge in [-0.15, -0.1) is 0 Å². The van der Waals surface area contributed by atoms with Crippen molar-refractivity contribution in [2.75, 3.05) is 0 Å². The molecule has 0 fully saturated rings. The van der Waals surface area contributed by atoms with E-state index in [1.807, 2.05) is 18.2 Å². The Morgan fingerprint density at radius 3 is 1.81 bits per heavy atom. The number of rotatable bonds is 1. The molecule has 0 aliphatic carbocycles. The molecule has 0 unspecified atom stereocenters. The van der Waals surface area contributed by atoms with Crippen LogP contribution in [0.5, 0.6) is 0 Å². The van der Waals surface area contributed by atoms with E-state index in [0.29, 0.717) is 0 Å². The van der Waals surface area contributed by atoms with E-state index in [1.54, 1.807) is 0 Å². The van der Waals surface area contributed by atoms with Crippen molar-refractivity contribution in [3.63, 3.8) is 0 Å². The van der Waals surface area contributed by atoms with Crippen molar-refractivity contribution in [1.29, 1.82) is 0 Å². The average Bonchev–Trinajstić information content (AvgIpc) is 3.53. The zero-order valence-electron chi connectivity index (χ0n) is 16.5. The van der Waals surface area contributed by atoms with Crippen molar-refractivity contribution in [3.05, 3.63) is 107 Å². The molecule has 6 rings (SSSR count). The predicted molar refractivity (Wildman–Crippen MR) is 123 cm³/mol. The molecule has 2 aliphatic heterocycles. The Morgan fingerprint density at radius 1 is 0.548 bits per heavy atom. The molecule has 5 heterocycles. The number of nitrogens with zero attached hydrogens (tertiary/aromatic N) is 2. The molecule has 1 aromatic carbocycles. The van der Waals surface area contributed by atoms with Gasteiger partial charge in [0.2, 0.25) is 0 Å². The fourth-order valence-electron chi connectivity index (χ4n) is 3.86. The summed E-state index contributed by atoms with van der Waals surface area (Å²) in [6, 6.07) is 26.9. The van der Waals surface area contributed by atoms with Crippen molar-refractivity contribution in [1.82, 2.24) is 19.9 Å². The van der Waals surface area contributed by atoms with Crippen LogP contribution in [0.15, 0.2) is 78.9 Å². The molecule has 3 aromatic heterocycles. The summed E-state index contributed by atoms with van der Waals surface area (Å²) in [5.74, 6) is 0. The Morgan fingerprint density at radius 2 is 1.13 bits per heavy atom. The van der Waals surface area contributed by atoms with Crippen molar-refractivity contribution < 1.29 is 16.8 Å². The molecule has 4 aromatic rings. The van der Waals surface area contributed by atoms with E-state index in [-0.39, 0.29) is 16.8 Å². The van der Waals surface area contributed by atoms with Crippen molar-refractivity contribution in [2.45, 2.75) is 0 Å². The van der Waals surface area contributed by atoms with Crippen LogP contribution in [0.25, 0.3) is 45.9 Å². The smallest absolute Gasteiger partial charge is 0.0737 e. The number of benzene rings is 1. The Kier molecular flexibility index (Phi) is 4.90. The minimum Gasteiger partial charge on any atom is -0.355 e. The van der Waals surface area contributed by atoms with Gasteiger partial charge in [0, 0.05) is 44.4 Å². The number of aromatic nitrogens is 4. The summed E-state index contributed by atoms with van der Waals surface area (Å²) in [7, 11) is 0.